The van der Waals surface area contributed by atoms with Gasteiger partial charge in [-0.25, -0.2) is 4.79 Å². The van der Waals surface area contributed by atoms with E-state index < -0.39 is 17.9 Å². The van der Waals surface area contributed by atoms with E-state index in [9.17, 15) is 14.4 Å². The molecular weight excluding hydrogens is 330 g/mol. The molecule has 1 aliphatic rings. The molecule has 2 rings (SSSR count). The molecular formula is C16H21N3O6. The molecule has 136 valence electrons. The molecule has 0 unspecified atom stereocenters. The molecule has 1 aromatic rings. The number of ether oxygens (including phenoxy) is 3. The van der Waals surface area contributed by atoms with Gasteiger partial charge in [-0.1, -0.05) is 6.42 Å². The van der Waals surface area contributed by atoms with Crippen LogP contribution in [0.3, 0.4) is 0 Å². The lowest BCUT2D eigenvalue weighted by Crippen LogP contribution is -2.29. The largest absolute Gasteiger partial charge is 0.456 e. The number of carbonyl (C=O) groups excluding carboxylic acids is 3. The van der Waals surface area contributed by atoms with Gasteiger partial charge in [0.2, 0.25) is 6.79 Å². The molecule has 3 amide bonds. The summed E-state index contributed by atoms with van der Waals surface area (Å²) < 4.78 is 15.3. The summed E-state index contributed by atoms with van der Waals surface area (Å²) in [6, 6.07) is 4.44. The van der Waals surface area contributed by atoms with Gasteiger partial charge in [0.25, 0.3) is 5.91 Å². The number of anilines is 1. The Labute approximate surface area is 144 Å². The Balaban J connectivity index is 1.58. The predicted molar refractivity (Wildman–Crippen MR) is 88.2 cm³/mol. The Bertz CT molecular complexity index is 634. The molecule has 0 fully saturated rings. The van der Waals surface area contributed by atoms with Crippen molar-refractivity contribution in [2.45, 2.75) is 25.7 Å². The Morgan fingerprint density at radius 3 is 2.72 bits per heavy atom. The molecule has 0 radical (unpaired) electrons. The second-order valence-electron chi connectivity index (χ2n) is 5.38. The number of urea groups is 1. The first-order chi connectivity index (χ1) is 12.0. The van der Waals surface area contributed by atoms with Crippen LogP contribution in [0.15, 0.2) is 18.2 Å². The number of primary amides is 1. The molecule has 4 N–H and O–H groups in total. The van der Waals surface area contributed by atoms with Gasteiger partial charge in [-0.05, 0) is 25.0 Å². The number of hydrogen-bond acceptors (Lipinski definition) is 6. The fourth-order valence-corrected chi connectivity index (χ4v) is 2.17. The molecule has 25 heavy (non-hydrogen) atoms. The van der Waals surface area contributed by atoms with Crippen LogP contribution in [0, 0.1) is 0 Å². The zero-order valence-electron chi connectivity index (χ0n) is 13.7. The van der Waals surface area contributed by atoms with E-state index in [1.54, 1.807) is 18.2 Å². The number of rotatable bonds is 9. The average Bonchev–Trinajstić information content (AvgIpc) is 3.03. The molecule has 0 spiro atoms. The maximum atomic E-state index is 11.8. The first kappa shape index (κ1) is 18.4. The number of fused-ring (bicyclic) bond motifs is 1. The topological polar surface area (TPSA) is 129 Å². The third-order valence-corrected chi connectivity index (χ3v) is 3.38. The molecule has 0 bridgehead atoms. The Morgan fingerprint density at radius 1 is 1.12 bits per heavy atom. The third-order valence-electron chi connectivity index (χ3n) is 3.38. The van der Waals surface area contributed by atoms with Crippen LogP contribution in [0.5, 0.6) is 11.5 Å². The van der Waals surface area contributed by atoms with Gasteiger partial charge in [-0.3, -0.25) is 9.59 Å². The van der Waals surface area contributed by atoms with Crippen molar-refractivity contribution in [1.29, 1.82) is 0 Å². The van der Waals surface area contributed by atoms with Crippen molar-refractivity contribution in [3.05, 3.63) is 18.2 Å². The van der Waals surface area contributed by atoms with E-state index in [4.69, 9.17) is 19.9 Å². The van der Waals surface area contributed by atoms with E-state index in [0.29, 0.717) is 30.2 Å². The average molecular weight is 351 g/mol. The summed E-state index contributed by atoms with van der Waals surface area (Å²) in [5, 5.41) is 5.08. The molecule has 0 aliphatic carbocycles. The number of nitrogens with two attached hydrogens (primary N) is 1. The first-order valence-corrected chi connectivity index (χ1v) is 7.93. The predicted octanol–water partition coefficient (Wildman–Crippen LogP) is 1.13. The molecule has 1 aromatic carbocycles. The minimum atomic E-state index is -0.562. The minimum absolute atomic E-state index is 0.156. The van der Waals surface area contributed by atoms with Crippen LogP contribution < -0.4 is 25.8 Å². The summed E-state index contributed by atoms with van der Waals surface area (Å²) in [5.41, 5.74) is 5.46. The van der Waals surface area contributed by atoms with Crippen LogP contribution in [0.2, 0.25) is 0 Å². The van der Waals surface area contributed by atoms with Crippen LogP contribution in [-0.2, 0) is 14.3 Å². The second-order valence-corrected chi connectivity index (χ2v) is 5.38. The van der Waals surface area contributed by atoms with E-state index >= 15 is 0 Å². The fourth-order valence-electron chi connectivity index (χ4n) is 2.17. The highest BCUT2D eigenvalue weighted by atomic mass is 16.7. The number of carbonyl (C=O) groups is 3. The third kappa shape index (κ3) is 6.58. The molecule has 9 nitrogen and oxygen atoms in total. The standard InChI is InChI=1S/C16H21N3O6/c17-16(22)18-7-3-1-2-4-15(21)23-9-14(20)19-11-5-6-12-13(8-11)25-10-24-12/h5-6,8H,1-4,7,9-10H2,(H,19,20)(H3,17,18,22). The number of esters is 1. The molecule has 0 saturated carbocycles. The van der Waals surface area contributed by atoms with Crippen molar-refractivity contribution in [1.82, 2.24) is 5.32 Å². The smallest absolute Gasteiger partial charge is 0.312 e. The first-order valence-electron chi connectivity index (χ1n) is 7.93. The fraction of sp³-hybridized carbons (Fsp3) is 0.438. The Hall–Kier alpha value is -2.97. The lowest BCUT2D eigenvalue weighted by atomic mass is 10.2. The number of nitrogens with one attached hydrogen (secondary N) is 2. The quantitative estimate of drug-likeness (QED) is 0.452. The Kier molecular flexibility index (Phi) is 6.87. The Morgan fingerprint density at radius 2 is 1.92 bits per heavy atom. The van der Waals surface area contributed by atoms with E-state index in [2.05, 4.69) is 10.6 Å². The van der Waals surface area contributed by atoms with Crippen molar-refractivity contribution in [2.24, 2.45) is 5.73 Å². The molecule has 0 atom stereocenters. The molecule has 0 aromatic heterocycles. The number of amides is 3. The molecule has 9 heteroatoms. The summed E-state index contributed by atoms with van der Waals surface area (Å²) >= 11 is 0. The van der Waals surface area contributed by atoms with Gasteiger partial charge < -0.3 is 30.6 Å². The maximum absolute atomic E-state index is 11.8. The monoisotopic (exact) mass is 351 g/mol. The number of benzene rings is 1. The zero-order valence-corrected chi connectivity index (χ0v) is 13.7. The minimum Gasteiger partial charge on any atom is -0.456 e. The van der Waals surface area contributed by atoms with E-state index in [-0.39, 0.29) is 19.8 Å². The van der Waals surface area contributed by atoms with Gasteiger partial charge in [-0.2, -0.15) is 0 Å². The van der Waals surface area contributed by atoms with Gasteiger partial charge in [0.15, 0.2) is 18.1 Å². The van der Waals surface area contributed by atoms with Gasteiger partial charge >= 0.3 is 12.0 Å². The lowest BCUT2D eigenvalue weighted by molar-refractivity contribution is -0.147. The summed E-state index contributed by atoms with van der Waals surface area (Å²) in [6.07, 6.45) is 2.30. The van der Waals surface area contributed by atoms with E-state index in [1.807, 2.05) is 0 Å². The molecule has 1 heterocycles. The van der Waals surface area contributed by atoms with Gasteiger partial charge in [-0.15, -0.1) is 0 Å². The van der Waals surface area contributed by atoms with Gasteiger partial charge in [0.05, 0.1) is 0 Å². The highest BCUT2D eigenvalue weighted by Gasteiger charge is 2.14. The van der Waals surface area contributed by atoms with Gasteiger partial charge in [0, 0.05) is 24.7 Å². The SMILES string of the molecule is NC(=O)NCCCCCC(=O)OCC(=O)Nc1ccc2c(c1)OCO2. The van der Waals surface area contributed by atoms with Crippen LogP contribution in [-0.4, -0.2) is 37.9 Å². The highest BCUT2D eigenvalue weighted by molar-refractivity contribution is 5.93. The molecule has 0 saturated heterocycles. The maximum Gasteiger partial charge on any atom is 0.312 e. The summed E-state index contributed by atoms with van der Waals surface area (Å²) in [5.74, 6) is 0.303. The number of unbranched alkanes of at least 4 members (excludes halogenated alkanes) is 2. The zero-order chi connectivity index (χ0) is 18.1. The summed E-state index contributed by atoms with van der Waals surface area (Å²) in [4.78, 5) is 33.8. The number of hydrogen-bond donors (Lipinski definition) is 3. The normalized spacial score (nSPS) is 11.7. The van der Waals surface area contributed by atoms with Crippen molar-refractivity contribution in [3.63, 3.8) is 0 Å². The van der Waals surface area contributed by atoms with Crippen molar-refractivity contribution >= 4 is 23.6 Å². The highest BCUT2D eigenvalue weighted by Crippen LogP contribution is 2.34. The van der Waals surface area contributed by atoms with Crippen LogP contribution in [0.1, 0.15) is 25.7 Å². The van der Waals surface area contributed by atoms with Crippen LogP contribution in [0.4, 0.5) is 10.5 Å². The van der Waals surface area contributed by atoms with Crippen LogP contribution >= 0.6 is 0 Å². The van der Waals surface area contributed by atoms with E-state index in [1.165, 1.54) is 0 Å². The van der Waals surface area contributed by atoms with Gasteiger partial charge in [0.1, 0.15) is 0 Å². The van der Waals surface area contributed by atoms with Crippen molar-refractivity contribution in [2.75, 3.05) is 25.3 Å². The van der Waals surface area contributed by atoms with Crippen LogP contribution in [0.25, 0.3) is 0 Å². The second kappa shape index (κ2) is 9.36. The van der Waals surface area contributed by atoms with Crippen molar-refractivity contribution < 1.29 is 28.6 Å². The van der Waals surface area contributed by atoms with Crippen molar-refractivity contribution in [3.8, 4) is 11.5 Å². The summed E-state index contributed by atoms with van der Waals surface area (Å²) in [6.45, 7) is 0.280. The molecule has 1 aliphatic heterocycles. The van der Waals surface area contributed by atoms with E-state index in [0.717, 1.165) is 12.8 Å². The lowest BCUT2D eigenvalue weighted by Gasteiger charge is -2.07. The summed E-state index contributed by atoms with van der Waals surface area (Å²) in [7, 11) is 0.